The van der Waals surface area contributed by atoms with Crippen molar-refractivity contribution < 1.29 is 9.59 Å². The van der Waals surface area contributed by atoms with E-state index < -0.39 is 0 Å². The second kappa shape index (κ2) is 3.74. The van der Waals surface area contributed by atoms with Gasteiger partial charge in [-0.3, -0.25) is 14.5 Å². The number of benzene rings is 1. The maximum absolute atomic E-state index is 12.1. The van der Waals surface area contributed by atoms with Crippen molar-refractivity contribution in [3.8, 4) is 0 Å². The minimum atomic E-state index is -0.162. The molecule has 84 valence electrons. The van der Waals surface area contributed by atoms with E-state index in [1.54, 1.807) is 6.07 Å². The van der Waals surface area contributed by atoms with Gasteiger partial charge in [0.05, 0.1) is 11.1 Å². The molecular weight excluding hydrogens is 202 g/mol. The predicted octanol–water partition coefficient (Wildman–Crippen LogP) is 2.43. The van der Waals surface area contributed by atoms with Crippen LogP contribution in [0.5, 0.6) is 0 Å². The van der Waals surface area contributed by atoms with Gasteiger partial charge < -0.3 is 0 Å². The fourth-order valence-electron chi connectivity index (χ4n) is 2.13. The molecule has 0 aromatic heterocycles. The van der Waals surface area contributed by atoms with Crippen molar-refractivity contribution >= 4 is 11.8 Å². The highest BCUT2D eigenvalue weighted by Gasteiger charge is 2.36. The van der Waals surface area contributed by atoms with Crippen LogP contribution in [0.25, 0.3) is 0 Å². The van der Waals surface area contributed by atoms with E-state index in [2.05, 4.69) is 0 Å². The van der Waals surface area contributed by atoms with E-state index in [9.17, 15) is 9.59 Å². The Bertz CT molecular complexity index is 463. The number of hydrogen-bond acceptors (Lipinski definition) is 2. The molecule has 0 saturated heterocycles. The topological polar surface area (TPSA) is 37.4 Å². The van der Waals surface area contributed by atoms with Gasteiger partial charge in [0.2, 0.25) is 0 Å². The van der Waals surface area contributed by atoms with Crippen molar-refractivity contribution in [2.75, 3.05) is 6.54 Å². The van der Waals surface area contributed by atoms with Crippen molar-refractivity contribution in [2.24, 2.45) is 0 Å². The average Bonchev–Trinajstić information content (AvgIpc) is 2.51. The molecule has 2 amide bonds. The highest BCUT2D eigenvalue weighted by molar-refractivity contribution is 6.22. The van der Waals surface area contributed by atoms with E-state index >= 15 is 0 Å². The molecule has 0 atom stereocenters. The zero-order valence-electron chi connectivity index (χ0n) is 9.78. The smallest absolute Gasteiger partial charge is 0.261 e. The SMILES string of the molecule is CCN1C(=O)c2cccc(C(C)C)c2C1=O. The second-order valence-corrected chi connectivity index (χ2v) is 4.28. The van der Waals surface area contributed by atoms with Crippen LogP contribution in [-0.4, -0.2) is 23.3 Å². The largest absolute Gasteiger partial charge is 0.275 e. The fourth-order valence-corrected chi connectivity index (χ4v) is 2.13. The minimum absolute atomic E-state index is 0.146. The van der Waals surface area contributed by atoms with E-state index in [0.717, 1.165) is 5.56 Å². The molecule has 0 bridgehead atoms. The number of carbonyl (C=O) groups is 2. The Morgan fingerprint density at radius 2 is 1.88 bits per heavy atom. The third-order valence-corrected chi connectivity index (χ3v) is 2.97. The molecule has 0 fully saturated rings. The van der Waals surface area contributed by atoms with Crippen molar-refractivity contribution in [2.45, 2.75) is 26.7 Å². The van der Waals surface area contributed by atoms with Crippen LogP contribution in [0.4, 0.5) is 0 Å². The van der Waals surface area contributed by atoms with Gasteiger partial charge in [0.15, 0.2) is 0 Å². The summed E-state index contributed by atoms with van der Waals surface area (Å²) in [6.45, 7) is 6.31. The molecule has 3 heteroatoms. The summed E-state index contributed by atoms with van der Waals surface area (Å²) in [5, 5.41) is 0. The molecule has 1 aliphatic heterocycles. The van der Waals surface area contributed by atoms with Gasteiger partial charge in [-0.05, 0) is 24.5 Å². The molecule has 16 heavy (non-hydrogen) atoms. The second-order valence-electron chi connectivity index (χ2n) is 4.28. The molecule has 1 aromatic carbocycles. The quantitative estimate of drug-likeness (QED) is 0.713. The standard InChI is InChI=1S/C13H15NO2/c1-4-14-12(15)10-7-5-6-9(8(2)3)11(10)13(14)16/h5-8H,4H2,1-3H3. The summed E-state index contributed by atoms with van der Waals surface area (Å²) in [5.41, 5.74) is 2.12. The normalized spacial score (nSPS) is 14.9. The van der Waals surface area contributed by atoms with E-state index in [4.69, 9.17) is 0 Å². The third-order valence-electron chi connectivity index (χ3n) is 2.97. The van der Waals surface area contributed by atoms with Gasteiger partial charge in [-0.1, -0.05) is 26.0 Å². The molecule has 1 heterocycles. The van der Waals surface area contributed by atoms with Crippen LogP contribution in [0.15, 0.2) is 18.2 Å². The number of carbonyl (C=O) groups excluding carboxylic acids is 2. The van der Waals surface area contributed by atoms with Crippen LogP contribution >= 0.6 is 0 Å². The number of fused-ring (bicyclic) bond motifs is 1. The van der Waals surface area contributed by atoms with E-state index in [-0.39, 0.29) is 17.7 Å². The van der Waals surface area contributed by atoms with Gasteiger partial charge in [0.25, 0.3) is 11.8 Å². The minimum Gasteiger partial charge on any atom is -0.275 e. The number of rotatable bonds is 2. The molecule has 0 radical (unpaired) electrons. The van der Waals surface area contributed by atoms with Crippen molar-refractivity contribution in [3.05, 3.63) is 34.9 Å². The van der Waals surface area contributed by atoms with Gasteiger partial charge in [-0.2, -0.15) is 0 Å². The average molecular weight is 217 g/mol. The fraction of sp³-hybridized carbons (Fsp3) is 0.385. The zero-order chi connectivity index (χ0) is 11.9. The highest BCUT2D eigenvalue weighted by Crippen LogP contribution is 2.29. The van der Waals surface area contributed by atoms with Gasteiger partial charge in [-0.15, -0.1) is 0 Å². The van der Waals surface area contributed by atoms with E-state index in [1.165, 1.54) is 4.90 Å². The van der Waals surface area contributed by atoms with Crippen LogP contribution < -0.4 is 0 Å². The van der Waals surface area contributed by atoms with Crippen LogP contribution in [-0.2, 0) is 0 Å². The zero-order valence-corrected chi connectivity index (χ0v) is 9.78. The van der Waals surface area contributed by atoms with Gasteiger partial charge in [-0.25, -0.2) is 0 Å². The first kappa shape index (κ1) is 10.9. The van der Waals surface area contributed by atoms with Crippen molar-refractivity contribution in [3.63, 3.8) is 0 Å². The first-order valence-corrected chi connectivity index (χ1v) is 5.57. The molecule has 2 rings (SSSR count). The molecule has 1 aliphatic rings. The summed E-state index contributed by atoms with van der Waals surface area (Å²) in [7, 11) is 0. The Hall–Kier alpha value is -1.64. The summed E-state index contributed by atoms with van der Waals surface area (Å²) in [4.78, 5) is 25.3. The molecule has 3 nitrogen and oxygen atoms in total. The van der Waals surface area contributed by atoms with Crippen LogP contribution in [0.2, 0.25) is 0 Å². The number of imide groups is 1. The lowest BCUT2D eigenvalue weighted by molar-refractivity contribution is 0.0662. The molecule has 1 aromatic rings. The van der Waals surface area contributed by atoms with Crippen LogP contribution in [0.3, 0.4) is 0 Å². The first-order valence-electron chi connectivity index (χ1n) is 5.57. The summed E-state index contributed by atoms with van der Waals surface area (Å²) in [5.74, 6) is -0.0553. The monoisotopic (exact) mass is 217 g/mol. The first-order chi connectivity index (χ1) is 7.57. The summed E-state index contributed by atoms with van der Waals surface area (Å²) < 4.78 is 0. The van der Waals surface area contributed by atoms with Gasteiger partial charge in [0, 0.05) is 6.54 Å². The Kier molecular flexibility index (Phi) is 2.54. The number of amides is 2. The summed E-state index contributed by atoms with van der Waals surface area (Å²) in [6.07, 6.45) is 0. The molecule has 0 N–H and O–H groups in total. The number of hydrogen-bond donors (Lipinski definition) is 0. The number of nitrogens with zero attached hydrogens (tertiary/aromatic N) is 1. The lowest BCUT2D eigenvalue weighted by Crippen LogP contribution is -2.29. The van der Waals surface area contributed by atoms with E-state index in [1.807, 2.05) is 32.9 Å². The van der Waals surface area contributed by atoms with Gasteiger partial charge >= 0.3 is 0 Å². The molecular formula is C13H15NO2. The predicted molar refractivity (Wildman–Crippen MR) is 61.6 cm³/mol. The summed E-state index contributed by atoms with van der Waals surface area (Å²) >= 11 is 0. The Balaban J connectivity index is 2.63. The molecule has 0 aliphatic carbocycles. The van der Waals surface area contributed by atoms with Crippen LogP contribution in [0, 0.1) is 0 Å². The maximum Gasteiger partial charge on any atom is 0.261 e. The summed E-state index contributed by atoms with van der Waals surface area (Å²) in [6, 6.07) is 5.50. The lowest BCUT2D eigenvalue weighted by Gasteiger charge is -2.11. The highest BCUT2D eigenvalue weighted by atomic mass is 16.2. The van der Waals surface area contributed by atoms with E-state index in [0.29, 0.717) is 17.7 Å². The molecule has 0 spiro atoms. The Labute approximate surface area is 95.1 Å². The lowest BCUT2D eigenvalue weighted by atomic mass is 9.94. The third kappa shape index (κ3) is 1.35. The van der Waals surface area contributed by atoms with Gasteiger partial charge in [0.1, 0.15) is 0 Å². The van der Waals surface area contributed by atoms with Crippen molar-refractivity contribution in [1.82, 2.24) is 4.90 Å². The Morgan fingerprint density at radius 1 is 1.19 bits per heavy atom. The van der Waals surface area contributed by atoms with Crippen LogP contribution in [0.1, 0.15) is 53.0 Å². The van der Waals surface area contributed by atoms with Crippen molar-refractivity contribution in [1.29, 1.82) is 0 Å². The molecule has 0 unspecified atom stereocenters. The molecule has 0 saturated carbocycles. The Morgan fingerprint density at radius 3 is 2.44 bits per heavy atom. The maximum atomic E-state index is 12.1.